The van der Waals surface area contributed by atoms with Crippen molar-refractivity contribution in [3.63, 3.8) is 0 Å². The maximum Gasteiger partial charge on any atom is 0.261 e. The van der Waals surface area contributed by atoms with Crippen molar-refractivity contribution in [2.45, 2.75) is 36.0 Å². The summed E-state index contributed by atoms with van der Waals surface area (Å²) in [4.78, 5) is 14.6. The van der Waals surface area contributed by atoms with Gasteiger partial charge in [0.15, 0.2) is 0 Å². The number of methoxy groups -OCH3 is 1. The highest BCUT2D eigenvalue weighted by Gasteiger charge is 2.25. The molecule has 0 atom stereocenters. The maximum absolute atomic E-state index is 13.1. The van der Waals surface area contributed by atoms with Gasteiger partial charge in [-0.1, -0.05) is 17.7 Å². The molecule has 1 saturated heterocycles. The predicted molar refractivity (Wildman–Crippen MR) is 142 cm³/mol. The van der Waals surface area contributed by atoms with E-state index in [-0.39, 0.29) is 26.9 Å². The molecule has 3 aromatic carbocycles. The topological polar surface area (TPSA) is 122 Å². The van der Waals surface area contributed by atoms with Crippen molar-refractivity contribution in [1.82, 2.24) is 4.90 Å². The fourth-order valence-corrected chi connectivity index (χ4v) is 6.18. The van der Waals surface area contributed by atoms with Crippen LogP contribution in [0.5, 0.6) is 5.75 Å². The van der Waals surface area contributed by atoms with Gasteiger partial charge in [-0.3, -0.25) is 14.2 Å². The molecule has 1 aliphatic rings. The highest BCUT2D eigenvalue weighted by molar-refractivity contribution is 7.93. The summed E-state index contributed by atoms with van der Waals surface area (Å²) in [6.07, 6.45) is 2.86. The number of nitrogens with zero attached hydrogens (tertiary/aromatic N) is 1. The summed E-state index contributed by atoms with van der Waals surface area (Å²) < 4.78 is 61.8. The van der Waals surface area contributed by atoms with Crippen LogP contribution in [-0.2, 0) is 20.0 Å². The lowest BCUT2D eigenvalue weighted by atomic mass is 10.1. The number of ether oxygens (including phenoxy) is 1. The van der Waals surface area contributed by atoms with Crippen LogP contribution >= 0.6 is 0 Å². The summed E-state index contributed by atoms with van der Waals surface area (Å²) >= 11 is 0. The Morgan fingerprint density at radius 3 is 1.84 bits per heavy atom. The van der Waals surface area contributed by atoms with Gasteiger partial charge in [0.1, 0.15) is 5.75 Å². The van der Waals surface area contributed by atoms with Gasteiger partial charge in [0, 0.05) is 24.5 Å². The second kappa shape index (κ2) is 10.8. The summed E-state index contributed by atoms with van der Waals surface area (Å²) in [5.74, 6) is 0.0226. The molecule has 0 saturated carbocycles. The Hall–Kier alpha value is -3.57. The number of hydrogen-bond donors (Lipinski definition) is 2. The molecule has 1 aliphatic heterocycles. The molecular weight excluding hydrogens is 514 g/mol. The van der Waals surface area contributed by atoms with E-state index < -0.39 is 20.0 Å². The van der Waals surface area contributed by atoms with Crippen LogP contribution in [0.1, 0.15) is 35.2 Å². The number of aryl methyl sites for hydroxylation is 1. The Kier molecular flexibility index (Phi) is 7.74. The van der Waals surface area contributed by atoms with Gasteiger partial charge in [-0.2, -0.15) is 0 Å². The van der Waals surface area contributed by atoms with Crippen molar-refractivity contribution in [2.24, 2.45) is 0 Å². The van der Waals surface area contributed by atoms with Crippen LogP contribution in [0.2, 0.25) is 0 Å². The van der Waals surface area contributed by atoms with Crippen molar-refractivity contribution in [2.75, 3.05) is 29.6 Å². The number of carbonyl (C=O) groups is 1. The second-order valence-corrected chi connectivity index (χ2v) is 12.2. The van der Waals surface area contributed by atoms with Crippen molar-refractivity contribution in [3.05, 3.63) is 77.9 Å². The Morgan fingerprint density at radius 2 is 1.27 bits per heavy atom. The van der Waals surface area contributed by atoms with Gasteiger partial charge in [0.05, 0.1) is 22.5 Å². The van der Waals surface area contributed by atoms with Gasteiger partial charge >= 0.3 is 0 Å². The first kappa shape index (κ1) is 26.5. The van der Waals surface area contributed by atoms with Crippen LogP contribution in [0, 0.1) is 6.92 Å². The number of benzene rings is 3. The van der Waals surface area contributed by atoms with Crippen LogP contribution in [-0.4, -0.2) is 47.8 Å². The van der Waals surface area contributed by atoms with Crippen LogP contribution in [0.4, 0.5) is 11.4 Å². The fourth-order valence-electron chi connectivity index (χ4n) is 4.04. The van der Waals surface area contributed by atoms with E-state index in [1.807, 2.05) is 6.92 Å². The zero-order valence-corrected chi connectivity index (χ0v) is 22.2. The lowest BCUT2D eigenvalue weighted by Gasteiger charge is -2.27. The molecule has 196 valence electrons. The molecule has 4 rings (SSSR count). The molecule has 3 aromatic rings. The quantitative estimate of drug-likeness (QED) is 0.439. The standard InChI is InChI=1S/C26H29N3O6S2/c1-19-6-8-20(9-7-19)27-36(31,32)22-12-10-21(11-13-22)28-37(33,34)23-14-15-25(35-2)24(18-23)26(30)29-16-4-3-5-17-29/h6-15,18,27-28H,3-5,16-17H2,1-2H3. The van der Waals surface area contributed by atoms with Crippen LogP contribution in [0.25, 0.3) is 0 Å². The molecule has 0 radical (unpaired) electrons. The SMILES string of the molecule is COc1ccc(S(=O)(=O)Nc2ccc(S(=O)(=O)Nc3ccc(C)cc3)cc2)cc1C(=O)N1CCCCC1. The summed E-state index contributed by atoms with van der Waals surface area (Å²) in [5, 5.41) is 0. The van der Waals surface area contributed by atoms with Gasteiger partial charge in [0.25, 0.3) is 26.0 Å². The number of piperidine rings is 1. The van der Waals surface area contributed by atoms with E-state index in [9.17, 15) is 21.6 Å². The molecular formula is C26H29N3O6S2. The van der Waals surface area contributed by atoms with Crippen LogP contribution in [0.15, 0.2) is 76.5 Å². The lowest BCUT2D eigenvalue weighted by Crippen LogP contribution is -2.35. The zero-order valence-electron chi connectivity index (χ0n) is 20.6. The van der Waals surface area contributed by atoms with Crippen molar-refractivity contribution in [3.8, 4) is 5.75 Å². The molecule has 0 unspecified atom stereocenters. The van der Waals surface area contributed by atoms with Gasteiger partial charge < -0.3 is 9.64 Å². The minimum Gasteiger partial charge on any atom is -0.496 e. The fraction of sp³-hybridized carbons (Fsp3) is 0.269. The third kappa shape index (κ3) is 6.23. The molecule has 37 heavy (non-hydrogen) atoms. The molecule has 0 spiro atoms. The summed E-state index contributed by atoms with van der Waals surface area (Å²) in [6.45, 7) is 3.13. The number of rotatable bonds is 8. The molecule has 0 aliphatic carbocycles. The molecule has 1 fully saturated rings. The Bertz CT molecular complexity index is 1480. The Morgan fingerprint density at radius 1 is 0.757 bits per heavy atom. The Labute approximate surface area is 217 Å². The third-order valence-electron chi connectivity index (χ3n) is 6.08. The van der Waals surface area contributed by atoms with Crippen LogP contribution < -0.4 is 14.2 Å². The largest absolute Gasteiger partial charge is 0.496 e. The van der Waals surface area contributed by atoms with Gasteiger partial charge in [0.2, 0.25) is 0 Å². The minimum atomic E-state index is -4.07. The van der Waals surface area contributed by atoms with Gasteiger partial charge in [-0.05, 0) is 80.8 Å². The average Bonchev–Trinajstić information content (AvgIpc) is 2.89. The first-order valence-electron chi connectivity index (χ1n) is 11.8. The number of anilines is 2. The van der Waals surface area contributed by atoms with Gasteiger partial charge in [-0.15, -0.1) is 0 Å². The molecule has 2 N–H and O–H groups in total. The molecule has 0 aromatic heterocycles. The zero-order chi connectivity index (χ0) is 26.6. The van der Waals surface area contributed by atoms with Gasteiger partial charge in [-0.25, -0.2) is 16.8 Å². The minimum absolute atomic E-state index is 0.0186. The monoisotopic (exact) mass is 543 g/mol. The number of amides is 1. The molecule has 9 nitrogen and oxygen atoms in total. The van der Waals surface area contributed by atoms with E-state index in [1.54, 1.807) is 29.2 Å². The van der Waals surface area contributed by atoms with Crippen molar-refractivity contribution >= 4 is 37.3 Å². The number of likely N-dealkylation sites (tertiary alicyclic amines) is 1. The van der Waals surface area contributed by atoms with E-state index in [4.69, 9.17) is 4.74 Å². The highest BCUT2D eigenvalue weighted by Crippen LogP contribution is 2.27. The van der Waals surface area contributed by atoms with Crippen molar-refractivity contribution < 1.29 is 26.4 Å². The predicted octanol–water partition coefficient (Wildman–Crippen LogP) is 4.23. The van der Waals surface area contributed by atoms with Crippen molar-refractivity contribution in [1.29, 1.82) is 0 Å². The molecule has 11 heteroatoms. The van der Waals surface area contributed by atoms with E-state index in [2.05, 4.69) is 9.44 Å². The molecule has 0 bridgehead atoms. The molecule has 1 amide bonds. The smallest absolute Gasteiger partial charge is 0.261 e. The second-order valence-electron chi connectivity index (χ2n) is 8.82. The first-order valence-corrected chi connectivity index (χ1v) is 14.8. The summed E-state index contributed by atoms with van der Waals surface area (Å²) in [6, 6.07) is 16.4. The number of nitrogens with one attached hydrogen (secondary N) is 2. The first-order chi connectivity index (χ1) is 17.6. The summed E-state index contributed by atoms with van der Waals surface area (Å²) in [5.41, 5.74) is 1.77. The summed E-state index contributed by atoms with van der Waals surface area (Å²) in [7, 11) is -6.49. The lowest BCUT2D eigenvalue weighted by molar-refractivity contribution is 0.0720. The van der Waals surface area contributed by atoms with E-state index in [0.717, 1.165) is 24.8 Å². The number of carbonyl (C=O) groups excluding carboxylic acids is 1. The normalized spacial score (nSPS) is 14.2. The van der Waals surface area contributed by atoms with E-state index in [0.29, 0.717) is 24.5 Å². The third-order valence-corrected chi connectivity index (χ3v) is 8.85. The number of sulfonamides is 2. The maximum atomic E-state index is 13.1. The number of hydrogen-bond acceptors (Lipinski definition) is 6. The Balaban J connectivity index is 1.53. The molecule has 1 heterocycles. The van der Waals surface area contributed by atoms with E-state index in [1.165, 1.54) is 49.6 Å². The van der Waals surface area contributed by atoms with Crippen LogP contribution in [0.3, 0.4) is 0 Å². The highest BCUT2D eigenvalue weighted by atomic mass is 32.2. The van der Waals surface area contributed by atoms with E-state index >= 15 is 0 Å². The average molecular weight is 544 g/mol.